The summed E-state index contributed by atoms with van der Waals surface area (Å²) in [5, 5.41) is 5.73. The summed E-state index contributed by atoms with van der Waals surface area (Å²) in [4.78, 5) is 3.96. The van der Waals surface area contributed by atoms with E-state index in [4.69, 9.17) is 9.47 Å². The number of fused-ring (bicyclic) bond motifs is 1. The standard InChI is InChI=1S/C20H20F5N3O2/c1-26-19(28-9-13-2-3-15(21)8-17(13)20(23,24)25)27-5-4-12-6-16(22)7-14-10-29-11-30-18(12)14/h2-3,6-8H,4-5,9-11H2,1H3,(H2,26,27,28). The topological polar surface area (TPSA) is 54.9 Å². The van der Waals surface area contributed by atoms with Crippen LogP contribution in [0.1, 0.15) is 22.3 Å². The van der Waals surface area contributed by atoms with Crippen molar-refractivity contribution >= 4 is 5.96 Å². The first kappa shape index (κ1) is 21.8. The molecule has 2 N–H and O–H groups in total. The quantitative estimate of drug-likeness (QED) is 0.432. The van der Waals surface area contributed by atoms with Crippen LogP contribution in [0.15, 0.2) is 35.3 Å². The Labute approximate surface area is 169 Å². The van der Waals surface area contributed by atoms with Crippen LogP contribution in [0, 0.1) is 11.6 Å². The molecule has 0 aromatic heterocycles. The van der Waals surface area contributed by atoms with Crippen molar-refractivity contribution in [3.8, 4) is 5.75 Å². The van der Waals surface area contributed by atoms with Gasteiger partial charge in [0, 0.05) is 25.7 Å². The highest BCUT2D eigenvalue weighted by molar-refractivity contribution is 5.79. The highest BCUT2D eigenvalue weighted by Crippen LogP contribution is 2.32. The second-order valence-electron chi connectivity index (χ2n) is 6.57. The zero-order valence-corrected chi connectivity index (χ0v) is 16.1. The van der Waals surface area contributed by atoms with Gasteiger partial charge in [-0.25, -0.2) is 8.78 Å². The molecule has 3 rings (SSSR count). The van der Waals surface area contributed by atoms with Gasteiger partial charge < -0.3 is 20.1 Å². The molecule has 1 aliphatic rings. The fourth-order valence-electron chi connectivity index (χ4n) is 3.12. The maximum atomic E-state index is 13.8. The van der Waals surface area contributed by atoms with Gasteiger partial charge in [-0.05, 0) is 41.8 Å². The van der Waals surface area contributed by atoms with Gasteiger partial charge in [0.2, 0.25) is 0 Å². The van der Waals surface area contributed by atoms with E-state index >= 15 is 0 Å². The van der Waals surface area contributed by atoms with Crippen LogP contribution in [0.4, 0.5) is 22.0 Å². The lowest BCUT2D eigenvalue weighted by molar-refractivity contribution is -0.138. The molecular formula is C20H20F5N3O2. The Balaban J connectivity index is 1.60. The summed E-state index contributed by atoms with van der Waals surface area (Å²) in [5.41, 5.74) is 0.111. The van der Waals surface area contributed by atoms with Crippen molar-refractivity contribution in [2.45, 2.75) is 25.7 Å². The van der Waals surface area contributed by atoms with Crippen molar-refractivity contribution in [3.63, 3.8) is 0 Å². The van der Waals surface area contributed by atoms with Crippen molar-refractivity contribution in [1.29, 1.82) is 0 Å². The summed E-state index contributed by atoms with van der Waals surface area (Å²) in [6, 6.07) is 5.24. The Morgan fingerprint density at radius 1 is 1.07 bits per heavy atom. The Kier molecular flexibility index (Phi) is 6.76. The Morgan fingerprint density at radius 3 is 2.60 bits per heavy atom. The molecule has 0 radical (unpaired) electrons. The molecule has 0 saturated carbocycles. The van der Waals surface area contributed by atoms with Crippen LogP contribution in [0.5, 0.6) is 5.75 Å². The zero-order chi connectivity index (χ0) is 21.7. The van der Waals surface area contributed by atoms with E-state index in [9.17, 15) is 22.0 Å². The molecule has 2 aromatic rings. The largest absolute Gasteiger partial charge is 0.467 e. The summed E-state index contributed by atoms with van der Waals surface area (Å²) in [5.74, 6) is -0.536. The van der Waals surface area contributed by atoms with E-state index < -0.39 is 23.4 Å². The SMILES string of the molecule is CN=C(NCCc1cc(F)cc2c1OCOC2)NCc1ccc(F)cc1C(F)(F)F. The van der Waals surface area contributed by atoms with Gasteiger partial charge in [0.25, 0.3) is 0 Å². The fourth-order valence-corrected chi connectivity index (χ4v) is 3.12. The summed E-state index contributed by atoms with van der Waals surface area (Å²) in [7, 11) is 1.47. The van der Waals surface area contributed by atoms with Crippen molar-refractivity contribution in [2.75, 3.05) is 20.4 Å². The molecule has 0 amide bonds. The number of hydrogen-bond acceptors (Lipinski definition) is 3. The Morgan fingerprint density at radius 2 is 1.87 bits per heavy atom. The molecular weight excluding hydrogens is 409 g/mol. The van der Waals surface area contributed by atoms with Crippen LogP contribution in [0.25, 0.3) is 0 Å². The Bertz CT molecular complexity index is 931. The molecule has 30 heavy (non-hydrogen) atoms. The number of alkyl halides is 3. The maximum Gasteiger partial charge on any atom is 0.416 e. The summed E-state index contributed by atoms with van der Waals surface area (Å²) >= 11 is 0. The number of guanidine groups is 1. The number of rotatable bonds is 5. The van der Waals surface area contributed by atoms with E-state index in [0.29, 0.717) is 35.9 Å². The van der Waals surface area contributed by atoms with Gasteiger partial charge in [-0.15, -0.1) is 0 Å². The number of benzene rings is 2. The number of nitrogens with one attached hydrogen (secondary N) is 2. The fraction of sp³-hybridized carbons (Fsp3) is 0.350. The van der Waals surface area contributed by atoms with E-state index in [-0.39, 0.29) is 31.5 Å². The maximum absolute atomic E-state index is 13.8. The van der Waals surface area contributed by atoms with E-state index in [1.165, 1.54) is 19.2 Å². The summed E-state index contributed by atoms with van der Waals surface area (Å²) < 4.78 is 76.9. The molecule has 0 atom stereocenters. The lowest BCUT2D eigenvalue weighted by atomic mass is 10.1. The van der Waals surface area contributed by atoms with E-state index in [0.717, 1.165) is 12.1 Å². The highest BCUT2D eigenvalue weighted by atomic mass is 19.4. The van der Waals surface area contributed by atoms with Crippen LogP contribution in [0.2, 0.25) is 0 Å². The average molecular weight is 429 g/mol. The van der Waals surface area contributed by atoms with Gasteiger partial charge >= 0.3 is 6.18 Å². The number of halogens is 5. The highest BCUT2D eigenvalue weighted by Gasteiger charge is 2.33. The second-order valence-corrected chi connectivity index (χ2v) is 6.57. The predicted molar refractivity (Wildman–Crippen MR) is 100.0 cm³/mol. The summed E-state index contributed by atoms with van der Waals surface area (Å²) in [6.45, 7) is 0.470. The molecule has 1 aliphatic heterocycles. The van der Waals surface area contributed by atoms with E-state index in [1.54, 1.807) is 0 Å². The van der Waals surface area contributed by atoms with Gasteiger partial charge in [0.1, 0.15) is 17.4 Å². The number of aliphatic imine (C=N–C) groups is 1. The average Bonchev–Trinajstić information content (AvgIpc) is 2.70. The van der Waals surface area contributed by atoms with Crippen LogP contribution < -0.4 is 15.4 Å². The lowest BCUT2D eigenvalue weighted by Crippen LogP contribution is -2.38. The first-order valence-corrected chi connectivity index (χ1v) is 9.10. The monoisotopic (exact) mass is 429 g/mol. The lowest BCUT2D eigenvalue weighted by Gasteiger charge is -2.21. The van der Waals surface area contributed by atoms with Crippen molar-refractivity contribution in [1.82, 2.24) is 10.6 Å². The molecule has 0 bridgehead atoms. The second kappa shape index (κ2) is 9.29. The van der Waals surface area contributed by atoms with Gasteiger partial charge in [-0.2, -0.15) is 13.2 Å². The molecule has 1 heterocycles. The molecule has 0 saturated heterocycles. The van der Waals surface area contributed by atoms with Gasteiger partial charge in [0.05, 0.1) is 12.2 Å². The van der Waals surface area contributed by atoms with Crippen molar-refractivity contribution in [3.05, 3.63) is 64.2 Å². The minimum absolute atomic E-state index is 0.0848. The van der Waals surface area contributed by atoms with Crippen LogP contribution >= 0.6 is 0 Å². The van der Waals surface area contributed by atoms with Crippen molar-refractivity contribution in [2.24, 2.45) is 4.99 Å². The minimum atomic E-state index is -4.67. The van der Waals surface area contributed by atoms with Crippen LogP contribution in [-0.2, 0) is 30.5 Å². The normalized spacial score (nSPS) is 14.1. The van der Waals surface area contributed by atoms with Crippen LogP contribution in [-0.4, -0.2) is 26.3 Å². The molecule has 0 fully saturated rings. The molecule has 162 valence electrons. The smallest absolute Gasteiger partial charge is 0.416 e. The first-order chi connectivity index (χ1) is 14.3. The third-order valence-electron chi connectivity index (χ3n) is 4.49. The summed E-state index contributed by atoms with van der Waals surface area (Å²) in [6.07, 6.45) is -4.28. The first-order valence-electron chi connectivity index (χ1n) is 9.10. The molecule has 0 aliphatic carbocycles. The van der Waals surface area contributed by atoms with Gasteiger partial charge in [0.15, 0.2) is 12.8 Å². The van der Waals surface area contributed by atoms with Crippen LogP contribution in [0.3, 0.4) is 0 Å². The Hall–Kier alpha value is -2.88. The molecule has 0 unspecified atom stereocenters. The third-order valence-corrected chi connectivity index (χ3v) is 4.49. The molecule has 2 aromatic carbocycles. The van der Waals surface area contributed by atoms with E-state index in [2.05, 4.69) is 15.6 Å². The third kappa shape index (κ3) is 5.38. The molecule has 5 nitrogen and oxygen atoms in total. The number of ether oxygens (including phenoxy) is 2. The number of hydrogen-bond donors (Lipinski definition) is 2. The number of nitrogens with zero attached hydrogens (tertiary/aromatic N) is 1. The molecule has 0 spiro atoms. The minimum Gasteiger partial charge on any atom is -0.467 e. The molecule has 10 heteroatoms. The van der Waals surface area contributed by atoms with E-state index in [1.807, 2.05) is 0 Å². The van der Waals surface area contributed by atoms with Crippen molar-refractivity contribution < 1.29 is 31.4 Å². The van der Waals surface area contributed by atoms with Gasteiger partial charge in [-0.3, -0.25) is 4.99 Å². The zero-order valence-electron chi connectivity index (χ0n) is 16.1. The predicted octanol–water partition coefficient (Wildman–Crippen LogP) is 3.76. The van der Waals surface area contributed by atoms with Gasteiger partial charge in [-0.1, -0.05) is 6.07 Å².